The molecule has 0 amide bonds. The Morgan fingerprint density at radius 2 is 2.04 bits per heavy atom. The summed E-state index contributed by atoms with van der Waals surface area (Å²) in [6.45, 7) is 2.10. The number of ether oxygens (including phenoxy) is 2. The van der Waals surface area contributed by atoms with Crippen LogP contribution in [-0.4, -0.2) is 36.3 Å². The number of methoxy groups -OCH3 is 1. The van der Waals surface area contributed by atoms with E-state index in [0.717, 1.165) is 5.56 Å². The minimum Gasteiger partial charge on any atom is -0.469 e. The summed E-state index contributed by atoms with van der Waals surface area (Å²) in [6, 6.07) is 9.89. The molecule has 1 aromatic rings. The van der Waals surface area contributed by atoms with Gasteiger partial charge < -0.3 is 9.47 Å². The number of hydrogen-bond acceptors (Lipinski definition) is 6. The Bertz CT molecular complexity index is 677. The first-order valence-electron chi connectivity index (χ1n) is 8.40. The number of hydrogen-bond donors (Lipinski definition) is 0. The van der Waals surface area contributed by atoms with Crippen LogP contribution < -0.4 is 0 Å². The van der Waals surface area contributed by atoms with Crippen LogP contribution in [0, 0.1) is 11.8 Å². The van der Waals surface area contributed by atoms with Crippen molar-refractivity contribution >= 4 is 11.9 Å². The van der Waals surface area contributed by atoms with Crippen LogP contribution in [0.25, 0.3) is 0 Å². The third-order valence-corrected chi connectivity index (χ3v) is 5.51. The second-order valence-corrected chi connectivity index (χ2v) is 6.65. The van der Waals surface area contributed by atoms with Crippen molar-refractivity contribution in [1.29, 1.82) is 0 Å². The molecule has 4 rings (SSSR count). The van der Waals surface area contributed by atoms with Gasteiger partial charge in [0, 0.05) is 17.9 Å². The van der Waals surface area contributed by atoms with Crippen molar-refractivity contribution in [3.63, 3.8) is 0 Å². The van der Waals surface area contributed by atoms with Gasteiger partial charge in [-0.15, -0.1) is 5.06 Å². The van der Waals surface area contributed by atoms with E-state index in [1.54, 1.807) is 12.0 Å². The molecule has 0 bridgehead atoms. The van der Waals surface area contributed by atoms with Gasteiger partial charge in [0.05, 0.1) is 19.6 Å². The number of benzene rings is 1. The van der Waals surface area contributed by atoms with Crippen LogP contribution in [0.5, 0.6) is 0 Å². The van der Waals surface area contributed by atoms with Gasteiger partial charge >= 0.3 is 11.9 Å². The highest BCUT2D eigenvalue weighted by Crippen LogP contribution is 2.67. The van der Waals surface area contributed by atoms with Crippen molar-refractivity contribution < 1.29 is 23.9 Å². The van der Waals surface area contributed by atoms with Gasteiger partial charge in [0.1, 0.15) is 0 Å². The van der Waals surface area contributed by atoms with E-state index in [4.69, 9.17) is 14.3 Å². The normalized spacial score (nSPS) is 39.0. The maximum atomic E-state index is 12.8. The Balaban J connectivity index is 1.65. The molecule has 0 N–H and O–H groups in total. The van der Waals surface area contributed by atoms with Crippen LogP contribution in [0.2, 0.25) is 0 Å². The lowest BCUT2D eigenvalue weighted by molar-refractivity contribution is -0.161. The Morgan fingerprint density at radius 3 is 2.67 bits per heavy atom. The Labute approximate surface area is 140 Å². The molecule has 6 heteroatoms. The van der Waals surface area contributed by atoms with Crippen LogP contribution in [-0.2, 0) is 29.6 Å². The average molecular weight is 331 g/mol. The van der Waals surface area contributed by atoms with E-state index in [1.165, 1.54) is 7.11 Å². The predicted octanol–water partition coefficient (Wildman–Crippen LogP) is 1.99. The summed E-state index contributed by atoms with van der Waals surface area (Å²) in [5, 5.41) is 1.78. The van der Waals surface area contributed by atoms with Gasteiger partial charge in [0.2, 0.25) is 0 Å². The van der Waals surface area contributed by atoms with Gasteiger partial charge in [-0.1, -0.05) is 30.3 Å². The molecule has 2 aliphatic heterocycles. The van der Waals surface area contributed by atoms with Gasteiger partial charge in [-0.05, 0) is 19.8 Å². The minimum atomic E-state index is -0.884. The van der Waals surface area contributed by atoms with Crippen molar-refractivity contribution in [1.82, 2.24) is 5.06 Å². The lowest BCUT2D eigenvalue weighted by Crippen LogP contribution is -2.48. The molecule has 5 atom stereocenters. The second kappa shape index (κ2) is 5.29. The number of esters is 2. The fourth-order valence-corrected chi connectivity index (χ4v) is 4.22. The fourth-order valence-electron chi connectivity index (χ4n) is 4.22. The first kappa shape index (κ1) is 15.6. The zero-order valence-electron chi connectivity index (χ0n) is 13.9. The Kier molecular flexibility index (Phi) is 3.44. The number of nitrogens with zero attached hydrogens (tertiary/aromatic N) is 1. The molecule has 1 aromatic carbocycles. The summed E-state index contributed by atoms with van der Waals surface area (Å²) in [5.41, 5.74) is -0.409. The molecule has 0 aromatic heterocycles. The molecule has 6 nitrogen and oxygen atoms in total. The monoisotopic (exact) mass is 331 g/mol. The highest BCUT2D eigenvalue weighted by molar-refractivity contribution is 5.86. The molecule has 0 spiro atoms. The van der Waals surface area contributed by atoms with Gasteiger partial charge in [-0.2, -0.15) is 0 Å². The van der Waals surface area contributed by atoms with Crippen LogP contribution in [0.4, 0.5) is 0 Å². The number of carbonyl (C=O) groups is 2. The highest BCUT2D eigenvalue weighted by atomic mass is 16.9. The molecule has 3 aliphatic rings. The maximum Gasteiger partial charge on any atom is 0.329 e. The van der Waals surface area contributed by atoms with Crippen LogP contribution >= 0.6 is 0 Å². The largest absolute Gasteiger partial charge is 0.469 e. The van der Waals surface area contributed by atoms with Gasteiger partial charge in [-0.25, -0.2) is 4.79 Å². The van der Waals surface area contributed by atoms with E-state index in [1.807, 2.05) is 30.3 Å². The SMILES string of the molecule is CCOC(=O)[C@@]1([C@@H]2C[C@H]2C(=O)OC)CC[C@@]2(c3ccccc3)ON21. The standard InChI is InChI=1S/C18H21NO5/c1-3-23-16(21)17(14-11-13(14)15(20)22-2)9-10-18(19(17)24-18)12-7-5-4-6-8-12/h4-8,13-14H,3,9-11H2,1-2H3/t13-,14-,17+,18+,19?/m1/s1. The number of rotatable bonds is 5. The first-order chi connectivity index (χ1) is 11.6. The summed E-state index contributed by atoms with van der Waals surface area (Å²) in [7, 11) is 1.38. The topological polar surface area (TPSA) is 68.1 Å². The number of carbonyl (C=O) groups excluding carboxylic acids is 2. The van der Waals surface area contributed by atoms with Gasteiger partial charge in [-0.3, -0.25) is 9.63 Å². The van der Waals surface area contributed by atoms with Crippen molar-refractivity contribution in [3.8, 4) is 0 Å². The molecule has 1 saturated carbocycles. The predicted molar refractivity (Wildman–Crippen MR) is 83.3 cm³/mol. The van der Waals surface area contributed by atoms with Crippen molar-refractivity contribution in [2.24, 2.45) is 11.8 Å². The second-order valence-electron chi connectivity index (χ2n) is 6.65. The lowest BCUT2D eigenvalue weighted by atomic mass is 9.89. The average Bonchev–Trinajstić information content (AvgIpc) is 3.53. The third kappa shape index (κ3) is 1.96. The summed E-state index contributed by atoms with van der Waals surface area (Å²) >= 11 is 0. The van der Waals surface area contributed by atoms with Crippen molar-refractivity contribution in [2.45, 2.75) is 37.5 Å². The minimum absolute atomic E-state index is 0.114. The number of hydroxylamine groups is 2. The summed E-state index contributed by atoms with van der Waals surface area (Å²) in [6.07, 6.45) is 1.97. The van der Waals surface area contributed by atoms with E-state index in [-0.39, 0.29) is 23.8 Å². The van der Waals surface area contributed by atoms with Crippen molar-refractivity contribution in [3.05, 3.63) is 35.9 Å². The van der Waals surface area contributed by atoms with E-state index >= 15 is 0 Å². The van der Waals surface area contributed by atoms with E-state index in [2.05, 4.69) is 0 Å². The quantitative estimate of drug-likeness (QED) is 0.607. The third-order valence-electron chi connectivity index (χ3n) is 5.51. The lowest BCUT2D eigenvalue weighted by Gasteiger charge is -2.27. The van der Waals surface area contributed by atoms with E-state index < -0.39 is 11.3 Å². The van der Waals surface area contributed by atoms with E-state index in [0.29, 0.717) is 25.9 Å². The smallest absolute Gasteiger partial charge is 0.329 e. The molecule has 1 aliphatic carbocycles. The summed E-state index contributed by atoms with van der Waals surface area (Å²) in [5.74, 6) is -0.924. The Hall–Kier alpha value is -1.92. The van der Waals surface area contributed by atoms with Crippen LogP contribution in [0.3, 0.4) is 0 Å². The summed E-state index contributed by atoms with van der Waals surface area (Å²) in [4.78, 5) is 30.7. The van der Waals surface area contributed by atoms with Crippen LogP contribution in [0.15, 0.2) is 30.3 Å². The van der Waals surface area contributed by atoms with Crippen molar-refractivity contribution in [2.75, 3.05) is 13.7 Å². The van der Waals surface area contributed by atoms with Crippen LogP contribution in [0.1, 0.15) is 31.7 Å². The molecular formula is C18H21NO5. The first-order valence-corrected chi connectivity index (χ1v) is 8.40. The molecule has 1 unspecified atom stereocenters. The Morgan fingerprint density at radius 1 is 1.29 bits per heavy atom. The molecule has 24 heavy (non-hydrogen) atoms. The van der Waals surface area contributed by atoms with Gasteiger partial charge in [0.15, 0.2) is 11.3 Å². The van der Waals surface area contributed by atoms with E-state index in [9.17, 15) is 9.59 Å². The molecule has 128 valence electrons. The molecule has 2 saturated heterocycles. The molecule has 0 radical (unpaired) electrons. The maximum absolute atomic E-state index is 12.8. The number of fused-ring (bicyclic) bond motifs is 1. The molecule has 3 fully saturated rings. The molecule has 2 heterocycles. The zero-order valence-corrected chi connectivity index (χ0v) is 13.9. The highest BCUT2D eigenvalue weighted by Gasteiger charge is 2.79. The fraction of sp³-hybridized carbons (Fsp3) is 0.556. The van der Waals surface area contributed by atoms with Gasteiger partial charge in [0.25, 0.3) is 0 Å². The molecular weight excluding hydrogens is 310 g/mol. The zero-order chi connectivity index (χ0) is 16.9. The summed E-state index contributed by atoms with van der Waals surface area (Å²) < 4.78 is 10.2.